The fourth-order valence-corrected chi connectivity index (χ4v) is 10.9. The number of aliphatic carboxylic acids is 1. The average Bonchev–Trinajstić information content (AvgIpc) is 1.61. The van der Waals surface area contributed by atoms with E-state index >= 15 is 0 Å². The molecule has 0 atom stereocenters. The molecule has 3 aromatic carbocycles. The first kappa shape index (κ1) is 73.8. The van der Waals surface area contributed by atoms with Crippen LogP contribution in [-0.2, 0) is 65.6 Å². The van der Waals surface area contributed by atoms with Crippen LogP contribution >= 0.6 is 15.9 Å². The first-order valence-corrected chi connectivity index (χ1v) is 31.7. The van der Waals surface area contributed by atoms with E-state index in [0.717, 1.165) is 56.3 Å². The van der Waals surface area contributed by atoms with Crippen LogP contribution < -0.4 is 0 Å². The number of hydrogen-bond donors (Lipinski definition) is 1. The normalized spacial score (nSPS) is 13.2. The molecule has 0 bridgehead atoms. The maximum atomic E-state index is 12.4. The molecule has 0 saturated carbocycles. The predicted octanol–water partition coefficient (Wildman–Crippen LogP) is 13.3. The Morgan fingerprint density at radius 2 is 0.823 bits per heavy atom. The fourth-order valence-electron chi connectivity index (χ4n) is 10.3. The Labute approximate surface area is 567 Å². The lowest BCUT2D eigenvalue weighted by Gasteiger charge is -2.32. The number of fused-ring (bicyclic) bond motifs is 3. The molecule has 0 unspecified atom stereocenters. The number of ether oxygens (including phenoxy) is 2. The molecule has 96 heavy (non-hydrogen) atoms. The van der Waals surface area contributed by atoms with Gasteiger partial charge in [-0.1, -0.05) is 18.2 Å². The third kappa shape index (κ3) is 18.5. The SMILES string of the molecule is C=CCB1OC(C)(C)C(C)(C)O1.C=CCc1cc(-c2cnc(C)nc2)cc2c(C(C)=O)nn(CC(=O)O)c12.C=CCc1cc(-c2cnc(C)nc2)cc2c(C(C)=O)nn(CC(=O)OC(C)(C)C)c12.CC(=O)c1nn(CC(=O)OC(C)(C)C)c2c(Br)cc(-c3cnc(C)nc3)cc12. The highest BCUT2D eigenvalue weighted by molar-refractivity contribution is 9.10. The van der Waals surface area contributed by atoms with E-state index in [-0.39, 0.29) is 61.0 Å². The molecule has 7 heterocycles. The monoisotopic (exact) mass is 1370 g/mol. The zero-order valence-corrected chi connectivity index (χ0v) is 59.0. The van der Waals surface area contributed by atoms with Gasteiger partial charge in [-0.25, -0.2) is 29.9 Å². The summed E-state index contributed by atoms with van der Waals surface area (Å²) in [5, 5.41) is 24.2. The highest BCUT2D eigenvalue weighted by Crippen LogP contribution is 2.39. The number of carboxylic acid groups (broad SMARTS) is 1. The molecule has 25 heteroatoms. The Balaban J connectivity index is 0.000000187. The number of rotatable bonds is 18. The van der Waals surface area contributed by atoms with Crippen LogP contribution in [0.3, 0.4) is 0 Å². The van der Waals surface area contributed by atoms with Crippen LogP contribution in [0.2, 0.25) is 6.32 Å². The summed E-state index contributed by atoms with van der Waals surface area (Å²) in [4.78, 5) is 97.9. The van der Waals surface area contributed by atoms with Crippen molar-refractivity contribution in [1.82, 2.24) is 59.2 Å². The number of halogens is 1. The second-order valence-electron chi connectivity index (χ2n) is 25.9. The molecule has 1 aliphatic rings. The second-order valence-corrected chi connectivity index (χ2v) is 26.8. The van der Waals surface area contributed by atoms with Crippen molar-refractivity contribution in [3.63, 3.8) is 0 Å². The highest BCUT2D eigenvalue weighted by atomic mass is 79.9. The Morgan fingerprint density at radius 3 is 1.12 bits per heavy atom. The molecular weight excluding hydrogens is 1290 g/mol. The van der Waals surface area contributed by atoms with E-state index in [2.05, 4.69) is 109 Å². The molecule has 23 nitrogen and oxygen atoms in total. The third-order valence-electron chi connectivity index (χ3n) is 15.1. The summed E-state index contributed by atoms with van der Waals surface area (Å²) >= 11 is 3.56. The number of carbonyl (C=O) groups excluding carboxylic acids is 5. The summed E-state index contributed by atoms with van der Waals surface area (Å²) in [5.41, 5.74) is 8.04. The first-order valence-electron chi connectivity index (χ1n) is 30.9. The molecule has 1 aliphatic heterocycles. The number of hydrogen-bond acceptors (Lipinski definition) is 19. The lowest BCUT2D eigenvalue weighted by molar-refractivity contribution is -0.156. The van der Waals surface area contributed by atoms with E-state index in [0.29, 0.717) is 73.4 Å². The van der Waals surface area contributed by atoms with Gasteiger partial charge in [-0.15, -0.1) is 19.7 Å². The summed E-state index contributed by atoms with van der Waals surface area (Å²) in [6.07, 6.45) is 17.6. The van der Waals surface area contributed by atoms with Crippen LogP contribution in [0.1, 0.15) is 150 Å². The number of carboxylic acids is 1. The van der Waals surface area contributed by atoms with Crippen LogP contribution in [0.15, 0.2) is 116 Å². The van der Waals surface area contributed by atoms with Crippen molar-refractivity contribution in [3.05, 3.63) is 162 Å². The number of carbonyl (C=O) groups is 6. The van der Waals surface area contributed by atoms with Crippen molar-refractivity contribution < 1.29 is 52.7 Å². The van der Waals surface area contributed by atoms with E-state index in [4.69, 9.17) is 18.8 Å². The highest BCUT2D eigenvalue weighted by Gasteiger charge is 2.50. The van der Waals surface area contributed by atoms with Gasteiger partial charge < -0.3 is 23.9 Å². The van der Waals surface area contributed by atoms with Gasteiger partial charge in [0, 0.05) is 102 Å². The number of nitrogens with zero attached hydrogens (tertiary/aromatic N) is 12. The Morgan fingerprint density at radius 1 is 0.510 bits per heavy atom. The van der Waals surface area contributed by atoms with E-state index in [1.54, 1.807) is 81.7 Å². The van der Waals surface area contributed by atoms with Crippen molar-refractivity contribution in [2.75, 3.05) is 0 Å². The topological polar surface area (TPSA) is 290 Å². The van der Waals surface area contributed by atoms with Crippen molar-refractivity contribution in [1.29, 1.82) is 0 Å². The van der Waals surface area contributed by atoms with Gasteiger partial charge in [-0.2, -0.15) is 15.3 Å². The number of aromatic nitrogens is 12. The van der Waals surface area contributed by atoms with Gasteiger partial charge in [0.05, 0.1) is 27.8 Å². The van der Waals surface area contributed by atoms with Crippen LogP contribution in [0.25, 0.3) is 66.1 Å². The predicted molar refractivity (Wildman–Crippen MR) is 372 cm³/mol. The zero-order valence-electron chi connectivity index (χ0n) is 57.4. The Bertz CT molecular complexity index is 4430. The molecule has 0 radical (unpaired) electrons. The number of allylic oxidation sites excluding steroid dienone is 3. The molecule has 0 spiro atoms. The number of esters is 2. The minimum Gasteiger partial charge on any atom is -0.480 e. The van der Waals surface area contributed by atoms with Gasteiger partial charge in [0.15, 0.2) is 17.3 Å². The number of ketones is 3. The van der Waals surface area contributed by atoms with Crippen molar-refractivity contribution in [3.8, 4) is 33.4 Å². The van der Waals surface area contributed by atoms with Gasteiger partial charge in [-0.3, -0.25) is 42.8 Å². The maximum absolute atomic E-state index is 12.4. The van der Waals surface area contributed by atoms with Crippen LogP contribution in [0.4, 0.5) is 0 Å². The van der Waals surface area contributed by atoms with Gasteiger partial charge in [0.25, 0.3) is 0 Å². The van der Waals surface area contributed by atoms with E-state index in [9.17, 15) is 33.9 Å². The average molecular weight is 1370 g/mol. The molecule has 10 rings (SSSR count). The quantitative estimate of drug-likeness (QED) is 0.0361. The molecule has 9 aromatic rings. The van der Waals surface area contributed by atoms with Gasteiger partial charge in [0.1, 0.15) is 65.4 Å². The minimum absolute atomic E-state index is 0.0851. The van der Waals surface area contributed by atoms with Crippen LogP contribution in [0, 0.1) is 20.8 Å². The van der Waals surface area contributed by atoms with Crippen molar-refractivity contribution in [2.45, 2.75) is 172 Å². The molecule has 1 saturated heterocycles. The molecule has 502 valence electrons. The van der Waals surface area contributed by atoms with Gasteiger partial charge in [-0.05, 0) is 183 Å². The smallest absolute Gasteiger partial charge is 0.461 e. The summed E-state index contributed by atoms with van der Waals surface area (Å²) in [5.74, 6) is -0.412. The molecule has 6 aromatic heterocycles. The Hall–Kier alpha value is -9.59. The third-order valence-corrected chi connectivity index (χ3v) is 15.7. The van der Waals surface area contributed by atoms with Crippen LogP contribution in [0.5, 0.6) is 0 Å². The first-order chi connectivity index (χ1) is 44.9. The molecule has 1 fully saturated rings. The minimum atomic E-state index is -1.02. The summed E-state index contributed by atoms with van der Waals surface area (Å²) < 4.78 is 27.4. The second kappa shape index (κ2) is 30.4. The maximum Gasteiger partial charge on any atom is 0.461 e. The summed E-state index contributed by atoms with van der Waals surface area (Å²) in [6, 6.07) is 11.4. The van der Waals surface area contributed by atoms with Crippen LogP contribution in [-0.4, -0.2) is 129 Å². The van der Waals surface area contributed by atoms with Gasteiger partial charge >= 0.3 is 25.0 Å². The zero-order chi connectivity index (χ0) is 70.9. The van der Waals surface area contributed by atoms with Crippen molar-refractivity contribution >= 4 is 91.0 Å². The summed E-state index contributed by atoms with van der Waals surface area (Å²) in [7, 11) is -0.118. The number of Topliss-reactive ketones (excluding diaryl/α,β-unsaturated/α-hetero) is 3. The molecule has 1 N–H and O–H groups in total. The van der Waals surface area contributed by atoms with E-state index < -0.39 is 29.1 Å². The largest absolute Gasteiger partial charge is 0.480 e. The van der Waals surface area contributed by atoms with E-state index in [1.807, 2.05) is 77.1 Å². The number of aryl methyl sites for hydroxylation is 3. The summed E-state index contributed by atoms with van der Waals surface area (Å²) in [6.45, 7) is 39.6. The van der Waals surface area contributed by atoms with E-state index in [1.165, 1.54) is 30.1 Å². The van der Waals surface area contributed by atoms with Gasteiger partial charge in [0.2, 0.25) is 0 Å². The molecular formula is C71H82BBrN12O11. The lowest BCUT2D eigenvalue weighted by Crippen LogP contribution is -2.41. The standard InChI is InChI=1S/C23H26N4O3.C20H21BrN4O3.C19H18N4O3.C9H17BO2/c1-7-8-16-9-17(18-11-24-15(3)25-12-18)10-19-21(14(2)28)26-27(22(16)19)13-20(29)30-23(4,5)6;1-11(26)18-15-6-13(14-8-22-12(2)23-9-14)7-16(21)19(15)25(24-18)10-17(27)28-20(3,4)5;1-4-5-13-6-14(15-8-20-12(3)21-9-15)7-16-18(11(2)24)22-23(19(13)16)10-17(25)26;1-6-7-10-11-8(2,3)9(4,5)12-10/h7,9-12H,1,8,13H2,2-6H3;6-9H,10H2,1-5H3;4,6-9H,1,5,10H2,2-3H3,(H,25,26);6H,1,7H2,2-5H3. The molecule has 0 amide bonds. The molecule has 0 aliphatic carbocycles. The fraction of sp³-hybridized carbons (Fsp3) is 0.366. The Kier molecular flexibility index (Phi) is 23.4. The van der Waals surface area contributed by atoms with Crippen molar-refractivity contribution in [2.24, 2.45) is 0 Å². The number of benzene rings is 3. The lowest BCUT2D eigenvalue weighted by atomic mass is 9.85.